The van der Waals surface area contributed by atoms with Crippen LogP contribution < -0.4 is 5.32 Å². The quantitative estimate of drug-likeness (QED) is 0.337. The van der Waals surface area contributed by atoms with E-state index in [4.69, 9.17) is 23.2 Å². The Kier molecular flexibility index (Phi) is 6.54. The lowest BCUT2D eigenvalue weighted by molar-refractivity contribution is 0.0718. The van der Waals surface area contributed by atoms with Crippen LogP contribution in [0, 0.1) is 11.3 Å². The number of amides is 1. The Morgan fingerprint density at radius 3 is 2.54 bits per heavy atom. The molecule has 2 aromatic heterocycles. The molecular weight excluding hydrogens is 481 g/mol. The molecule has 0 atom stereocenters. The van der Waals surface area contributed by atoms with E-state index in [1.807, 2.05) is 35.4 Å². The fourth-order valence-corrected chi connectivity index (χ4v) is 4.93. The average Bonchev–Trinajstić information content (AvgIpc) is 2.88. The van der Waals surface area contributed by atoms with Crippen LogP contribution in [0.5, 0.6) is 0 Å². The van der Waals surface area contributed by atoms with Crippen molar-refractivity contribution in [1.29, 1.82) is 5.26 Å². The number of nitrogens with zero attached hydrogens (tertiary/aromatic N) is 4. The van der Waals surface area contributed by atoms with Crippen molar-refractivity contribution >= 4 is 45.6 Å². The number of halogens is 2. The van der Waals surface area contributed by atoms with Gasteiger partial charge in [0.15, 0.2) is 0 Å². The number of piperidine rings is 1. The topological polar surface area (TPSA) is 81.9 Å². The third kappa shape index (κ3) is 5.07. The molecule has 2 aromatic carbocycles. The highest BCUT2D eigenvalue weighted by atomic mass is 35.5. The summed E-state index contributed by atoms with van der Waals surface area (Å²) in [6.07, 6.45) is 5.24. The van der Waals surface area contributed by atoms with Gasteiger partial charge in [0.25, 0.3) is 5.91 Å². The molecule has 1 aliphatic rings. The molecule has 8 heteroatoms. The zero-order chi connectivity index (χ0) is 24.4. The number of benzene rings is 2. The van der Waals surface area contributed by atoms with Gasteiger partial charge in [0.1, 0.15) is 10.3 Å². The summed E-state index contributed by atoms with van der Waals surface area (Å²) in [5.74, 6) is -0.0938. The van der Waals surface area contributed by atoms with E-state index in [-0.39, 0.29) is 22.3 Å². The molecule has 0 radical (unpaired) electrons. The SMILES string of the molecule is N#Cc1cccc(-c2cc(NC3CCN(C(=O)c4cc(Cl)nc(Cl)c4)CC3)c3cnccc3c2)c1. The molecule has 5 rings (SSSR count). The summed E-state index contributed by atoms with van der Waals surface area (Å²) >= 11 is 11.9. The van der Waals surface area contributed by atoms with Gasteiger partial charge in [-0.25, -0.2) is 4.98 Å². The minimum atomic E-state index is -0.0938. The molecule has 3 heterocycles. The van der Waals surface area contributed by atoms with Gasteiger partial charge in [0, 0.05) is 48.2 Å². The molecule has 1 N–H and O–H groups in total. The third-order valence-corrected chi connectivity index (χ3v) is 6.62. The molecule has 0 aliphatic carbocycles. The van der Waals surface area contributed by atoms with Gasteiger partial charge in [-0.3, -0.25) is 9.78 Å². The summed E-state index contributed by atoms with van der Waals surface area (Å²) in [5, 5.41) is 15.5. The molecule has 1 fully saturated rings. The highest BCUT2D eigenvalue weighted by molar-refractivity contribution is 6.33. The molecule has 1 aliphatic heterocycles. The number of pyridine rings is 2. The lowest BCUT2D eigenvalue weighted by Crippen LogP contribution is -2.42. The van der Waals surface area contributed by atoms with Crippen LogP contribution in [0.2, 0.25) is 10.3 Å². The summed E-state index contributed by atoms with van der Waals surface area (Å²) in [6.45, 7) is 1.24. The number of rotatable bonds is 4. The first kappa shape index (κ1) is 23.1. The van der Waals surface area contributed by atoms with Crippen LogP contribution in [0.25, 0.3) is 21.9 Å². The van der Waals surface area contributed by atoms with E-state index in [0.717, 1.165) is 40.4 Å². The Morgan fingerprint density at radius 2 is 1.80 bits per heavy atom. The van der Waals surface area contributed by atoms with Crippen LogP contribution in [0.3, 0.4) is 0 Å². The molecule has 1 saturated heterocycles. The van der Waals surface area contributed by atoms with Gasteiger partial charge in [-0.1, -0.05) is 35.3 Å². The van der Waals surface area contributed by atoms with Gasteiger partial charge in [0.05, 0.1) is 11.6 Å². The molecule has 1 amide bonds. The number of hydrogen-bond acceptors (Lipinski definition) is 5. The van der Waals surface area contributed by atoms with Crippen molar-refractivity contribution in [2.45, 2.75) is 18.9 Å². The van der Waals surface area contributed by atoms with Crippen LogP contribution >= 0.6 is 23.2 Å². The van der Waals surface area contributed by atoms with E-state index in [2.05, 4.69) is 33.5 Å². The number of likely N-dealkylation sites (tertiary alicyclic amines) is 1. The summed E-state index contributed by atoms with van der Waals surface area (Å²) in [6, 6.07) is 19.3. The summed E-state index contributed by atoms with van der Waals surface area (Å²) < 4.78 is 0. The lowest BCUT2D eigenvalue weighted by atomic mass is 9.98. The second-order valence-corrected chi connectivity index (χ2v) is 9.30. The van der Waals surface area contributed by atoms with E-state index < -0.39 is 0 Å². The lowest BCUT2D eigenvalue weighted by Gasteiger charge is -2.33. The summed E-state index contributed by atoms with van der Waals surface area (Å²) in [5.41, 5.74) is 4.08. The maximum Gasteiger partial charge on any atom is 0.254 e. The maximum absolute atomic E-state index is 12.9. The Bertz CT molecular complexity index is 1440. The van der Waals surface area contributed by atoms with Gasteiger partial charge in [0.2, 0.25) is 0 Å². The largest absolute Gasteiger partial charge is 0.382 e. The highest BCUT2D eigenvalue weighted by Gasteiger charge is 2.25. The van der Waals surface area contributed by atoms with Crippen molar-refractivity contribution < 1.29 is 4.79 Å². The standard InChI is InChI=1S/C27H21Cl2N5O/c28-25-13-21(14-26(29)33-25)27(35)34-8-5-22(6-9-34)32-24-12-20(11-19-4-7-31-16-23(19)24)18-3-1-2-17(10-18)15-30/h1-4,7,10-14,16,22,32H,5-6,8-9H2. The average molecular weight is 502 g/mol. The predicted molar refractivity (Wildman–Crippen MR) is 139 cm³/mol. The van der Waals surface area contributed by atoms with E-state index in [1.165, 1.54) is 0 Å². The van der Waals surface area contributed by atoms with Crippen molar-refractivity contribution in [3.63, 3.8) is 0 Å². The summed E-state index contributed by atoms with van der Waals surface area (Å²) in [4.78, 5) is 23.0. The molecule has 6 nitrogen and oxygen atoms in total. The van der Waals surface area contributed by atoms with Crippen LogP contribution in [-0.2, 0) is 0 Å². The molecule has 0 saturated carbocycles. The third-order valence-electron chi connectivity index (χ3n) is 6.23. The van der Waals surface area contributed by atoms with Gasteiger partial charge in [-0.2, -0.15) is 5.26 Å². The van der Waals surface area contributed by atoms with Crippen molar-refractivity contribution in [1.82, 2.24) is 14.9 Å². The van der Waals surface area contributed by atoms with Crippen LogP contribution in [0.4, 0.5) is 5.69 Å². The number of anilines is 1. The molecule has 0 unspecified atom stereocenters. The predicted octanol–water partition coefficient (Wildman–Crippen LogP) is 6.19. The second kappa shape index (κ2) is 9.91. The first-order valence-electron chi connectivity index (χ1n) is 11.3. The highest BCUT2D eigenvalue weighted by Crippen LogP contribution is 2.32. The number of fused-ring (bicyclic) bond motifs is 1. The number of hydrogen-bond donors (Lipinski definition) is 1. The first-order valence-corrected chi connectivity index (χ1v) is 12.0. The zero-order valence-electron chi connectivity index (χ0n) is 18.7. The van der Waals surface area contributed by atoms with Crippen LogP contribution in [0.1, 0.15) is 28.8 Å². The Hall–Kier alpha value is -3.66. The van der Waals surface area contributed by atoms with Crippen molar-refractivity contribution in [2.75, 3.05) is 18.4 Å². The number of carbonyl (C=O) groups is 1. The first-order chi connectivity index (χ1) is 17.0. The summed E-state index contributed by atoms with van der Waals surface area (Å²) in [7, 11) is 0. The Morgan fingerprint density at radius 1 is 1.03 bits per heavy atom. The van der Waals surface area contributed by atoms with Crippen LogP contribution in [-0.4, -0.2) is 39.9 Å². The van der Waals surface area contributed by atoms with Crippen LogP contribution in [0.15, 0.2) is 67.0 Å². The van der Waals surface area contributed by atoms with E-state index in [9.17, 15) is 10.1 Å². The zero-order valence-corrected chi connectivity index (χ0v) is 20.2. The van der Waals surface area contributed by atoms with Gasteiger partial charge in [-0.05, 0) is 71.8 Å². The van der Waals surface area contributed by atoms with E-state index in [1.54, 1.807) is 24.4 Å². The number of nitriles is 1. The number of carbonyl (C=O) groups excluding carboxylic acids is 1. The van der Waals surface area contributed by atoms with Gasteiger partial charge >= 0.3 is 0 Å². The number of aromatic nitrogens is 2. The van der Waals surface area contributed by atoms with Gasteiger partial charge in [-0.15, -0.1) is 0 Å². The molecule has 4 aromatic rings. The molecule has 0 bridgehead atoms. The van der Waals surface area contributed by atoms with Crippen molar-refractivity contribution in [3.05, 3.63) is 88.4 Å². The fraction of sp³-hybridized carbons (Fsp3) is 0.185. The van der Waals surface area contributed by atoms with Crippen molar-refractivity contribution in [2.24, 2.45) is 0 Å². The smallest absolute Gasteiger partial charge is 0.254 e. The van der Waals surface area contributed by atoms with E-state index >= 15 is 0 Å². The molecular formula is C27H21Cl2N5O. The Labute approximate surface area is 213 Å². The van der Waals surface area contributed by atoms with Gasteiger partial charge < -0.3 is 10.2 Å². The minimum absolute atomic E-state index is 0.0938. The number of nitrogens with one attached hydrogen (secondary N) is 1. The van der Waals surface area contributed by atoms with E-state index in [0.29, 0.717) is 24.2 Å². The molecule has 174 valence electrons. The normalized spacial score (nSPS) is 14.0. The Balaban J connectivity index is 1.35. The fourth-order valence-electron chi connectivity index (χ4n) is 4.47. The maximum atomic E-state index is 12.9. The second-order valence-electron chi connectivity index (χ2n) is 8.53. The minimum Gasteiger partial charge on any atom is -0.382 e. The van der Waals surface area contributed by atoms with Crippen molar-refractivity contribution in [3.8, 4) is 17.2 Å². The molecule has 0 spiro atoms. The molecule has 35 heavy (non-hydrogen) atoms. The monoisotopic (exact) mass is 501 g/mol.